The monoisotopic (exact) mass is 467 g/mol. The topological polar surface area (TPSA) is 113 Å². The summed E-state index contributed by atoms with van der Waals surface area (Å²) in [6, 6.07) is 8.58. The lowest BCUT2D eigenvalue weighted by Crippen LogP contribution is -2.63. The molecule has 2 aromatic rings. The molecular weight excluding hydrogens is 438 g/mol. The van der Waals surface area contributed by atoms with E-state index in [1.165, 1.54) is 4.90 Å². The lowest BCUT2D eigenvalue weighted by molar-refractivity contribution is -0.133. The van der Waals surface area contributed by atoms with E-state index in [1.54, 1.807) is 66.2 Å². The minimum absolute atomic E-state index is 0.0338. The van der Waals surface area contributed by atoms with Crippen molar-refractivity contribution in [2.24, 2.45) is 7.05 Å². The third-order valence-corrected chi connectivity index (χ3v) is 6.33. The van der Waals surface area contributed by atoms with Crippen LogP contribution in [0.1, 0.15) is 33.7 Å². The summed E-state index contributed by atoms with van der Waals surface area (Å²) in [5, 5.41) is 5.54. The van der Waals surface area contributed by atoms with Crippen molar-refractivity contribution in [3.05, 3.63) is 53.9 Å². The first kappa shape index (κ1) is 23.3. The summed E-state index contributed by atoms with van der Waals surface area (Å²) in [5.41, 5.74) is 0.914. The smallest absolute Gasteiger partial charge is 0.270 e. The lowest BCUT2D eigenvalue weighted by atomic mass is 10.0. The summed E-state index contributed by atoms with van der Waals surface area (Å²) in [7, 11) is 3.32. The van der Waals surface area contributed by atoms with Gasteiger partial charge >= 0.3 is 0 Å². The zero-order valence-electron chi connectivity index (χ0n) is 19.3. The molecule has 10 heteroatoms. The number of hydrogen-bond acceptors (Lipinski definition) is 5. The molecular formula is C24H29N5O5. The van der Waals surface area contributed by atoms with E-state index in [0.717, 1.165) is 6.42 Å². The number of aryl methyl sites for hydroxylation is 1. The number of piperazine rings is 1. The van der Waals surface area contributed by atoms with E-state index >= 15 is 0 Å². The van der Waals surface area contributed by atoms with Gasteiger partial charge < -0.3 is 29.7 Å². The molecule has 34 heavy (non-hydrogen) atoms. The van der Waals surface area contributed by atoms with Gasteiger partial charge in [0, 0.05) is 38.4 Å². The first-order valence-electron chi connectivity index (χ1n) is 11.3. The van der Waals surface area contributed by atoms with Gasteiger partial charge in [-0.05, 0) is 49.2 Å². The van der Waals surface area contributed by atoms with E-state index in [4.69, 9.17) is 4.74 Å². The zero-order chi connectivity index (χ0) is 24.2. The Kier molecular flexibility index (Phi) is 6.85. The van der Waals surface area contributed by atoms with Crippen molar-refractivity contribution in [3.8, 4) is 5.75 Å². The largest absolute Gasteiger partial charge is 0.497 e. The van der Waals surface area contributed by atoms with E-state index in [-0.39, 0.29) is 30.8 Å². The highest BCUT2D eigenvalue weighted by Crippen LogP contribution is 2.19. The number of hydrogen-bond donors (Lipinski definition) is 2. The minimum Gasteiger partial charge on any atom is -0.497 e. The predicted octanol–water partition coefficient (Wildman–Crippen LogP) is 0.395. The zero-order valence-corrected chi connectivity index (χ0v) is 19.3. The van der Waals surface area contributed by atoms with E-state index in [9.17, 15) is 19.2 Å². The van der Waals surface area contributed by atoms with Gasteiger partial charge in [0.1, 0.15) is 23.5 Å². The fourth-order valence-electron chi connectivity index (χ4n) is 4.36. The number of methoxy groups -OCH3 is 1. The molecule has 2 atom stereocenters. The molecule has 0 bridgehead atoms. The van der Waals surface area contributed by atoms with Crippen LogP contribution < -0.4 is 15.4 Å². The summed E-state index contributed by atoms with van der Waals surface area (Å²) >= 11 is 0. The van der Waals surface area contributed by atoms with Crippen LogP contribution in [0.25, 0.3) is 0 Å². The van der Waals surface area contributed by atoms with E-state index < -0.39 is 18.0 Å². The molecule has 3 heterocycles. The normalized spacial score (nSPS) is 20.5. The quantitative estimate of drug-likeness (QED) is 0.661. The number of ether oxygens (including phenoxy) is 1. The SMILES string of the molecule is COc1ccc(C(=O)N2CCN(C(=O)c3cccn3C)CC2C(=O)NC2CCCNC2=O)cc1. The highest BCUT2D eigenvalue weighted by atomic mass is 16.5. The number of amides is 4. The summed E-state index contributed by atoms with van der Waals surface area (Å²) in [5.74, 6) is -0.597. The van der Waals surface area contributed by atoms with Crippen LogP contribution in [0.3, 0.4) is 0 Å². The van der Waals surface area contributed by atoms with Crippen LogP contribution in [0.2, 0.25) is 0 Å². The van der Waals surface area contributed by atoms with Crippen LogP contribution in [-0.2, 0) is 16.6 Å². The Morgan fingerprint density at radius 1 is 1.09 bits per heavy atom. The molecule has 2 aliphatic rings. The van der Waals surface area contributed by atoms with E-state index in [2.05, 4.69) is 10.6 Å². The Morgan fingerprint density at radius 3 is 2.50 bits per heavy atom. The van der Waals surface area contributed by atoms with Crippen LogP contribution in [0.15, 0.2) is 42.6 Å². The molecule has 10 nitrogen and oxygen atoms in total. The van der Waals surface area contributed by atoms with Crippen molar-refractivity contribution in [1.29, 1.82) is 0 Å². The third kappa shape index (κ3) is 4.75. The third-order valence-electron chi connectivity index (χ3n) is 6.33. The Hall–Kier alpha value is -3.82. The maximum atomic E-state index is 13.3. The van der Waals surface area contributed by atoms with E-state index in [1.807, 2.05) is 0 Å². The molecule has 4 amide bonds. The molecule has 1 aromatic carbocycles. The maximum absolute atomic E-state index is 13.3. The number of aromatic nitrogens is 1. The number of rotatable bonds is 5. The molecule has 4 rings (SSSR count). The molecule has 180 valence electrons. The van der Waals surface area contributed by atoms with Crippen LogP contribution in [0.4, 0.5) is 0 Å². The Labute approximate surface area is 197 Å². The van der Waals surface area contributed by atoms with Crippen molar-refractivity contribution in [3.63, 3.8) is 0 Å². The van der Waals surface area contributed by atoms with Crippen LogP contribution in [0.5, 0.6) is 5.75 Å². The average molecular weight is 468 g/mol. The highest BCUT2D eigenvalue weighted by molar-refractivity contribution is 6.00. The lowest BCUT2D eigenvalue weighted by Gasteiger charge is -2.41. The number of carbonyl (C=O) groups excluding carboxylic acids is 4. The number of benzene rings is 1. The molecule has 0 spiro atoms. The van der Waals surface area contributed by atoms with Crippen molar-refractivity contribution in [2.45, 2.75) is 24.9 Å². The molecule has 1 aromatic heterocycles. The number of piperidine rings is 1. The summed E-state index contributed by atoms with van der Waals surface area (Å²) in [4.78, 5) is 55.0. The van der Waals surface area contributed by atoms with E-state index in [0.29, 0.717) is 36.5 Å². The second-order valence-electron chi connectivity index (χ2n) is 8.49. The molecule has 0 radical (unpaired) electrons. The Bertz CT molecular complexity index is 1080. The predicted molar refractivity (Wildman–Crippen MR) is 123 cm³/mol. The van der Waals surface area contributed by atoms with Crippen molar-refractivity contribution in [1.82, 2.24) is 25.0 Å². The van der Waals surface area contributed by atoms with Gasteiger partial charge in [0.15, 0.2) is 0 Å². The highest BCUT2D eigenvalue weighted by Gasteiger charge is 2.39. The van der Waals surface area contributed by atoms with Gasteiger partial charge in [-0.1, -0.05) is 0 Å². The molecule has 0 saturated carbocycles. The first-order chi connectivity index (χ1) is 16.4. The second-order valence-corrected chi connectivity index (χ2v) is 8.49. The fourth-order valence-corrected chi connectivity index (χ4v) is 4.36. The van der Waals surface area contributed by atoms with Crippen molar-refractivity contribution >= 4 is 23.6 Å². The van der Waals surface area contributed by atoms with Gasteiger partial charge in [0.2, 0.25) is 11.8 Å². The van der Waals surface area contributed by atoms with Gasteiger partial charge in [-0.15, -0.1) is 0 Å². The van der Waals surface area contributed by atoms with Crippen molar-refractivity contribution < 1.29 is 23.9 Å². The first-order valence-corrected chi connectivity index (χ1v) is 11.3. The van der Waals surface area contributed by atoms with Crippen LogP contribution >= 0.6 is 0 Å². The average Bonchev–Trinajstić information content (AvgIpc) is 3.30. The van der Waals surface area contributed by atoms with Gasteiger partial charge in [0.05, 0.1) is 13.7 Å². The maximum Gasteiger partial charge on any atom is 0.270 e. The van der Waals surface area contributed by atoms with Gasteiger partial charge in [-0.2, -0.15) is 0 Å². The summed E-state index contributed by atoms with van der Waals surface area (Å²) in [6.45, 7) is 1.09. The number of nitrogens with zero attached hydrogens (tertiary/aromatic N) is 3. The fraction of sp³-hybridized carbons (Fsp3) is 0.417. The van der Waals surface area contributed by atoms with Crippen molar-refractivity contribution in [2.75, 3.05) is 33.3 Å². The minimum atomic E-state index is -0.928. The van der Waals surface area contributed by atoms with Gasteiger partial charge in [-0.25, -0.2) is 0 Å². The van der Waals surface area contributed by atoms with Gasteiger partial charge in [-0.3, -0.25) is 19.2 Å². The summed E-state index contributed by atoms with van der Waals surface area (Å²) < 4.78 is 6.88. The molecule has 2 fully saturated rings. The molecule has 0 aliphatic carbocycles. The summed E-state index contributed by atoms with van der Waals surface area (Å²) in [6.07, 6.45) is 3.07. The molecule has 2 aliphatic heterocycles. The standard InChI is InChI=1S/C24H29N5O5/c1-27-12-4-6-19(27)24(33)28-13-14-29(23(32)16-7-9-17(34-2)10-8-16)20(15-28)22(31)26-18-5-3-11-25-21(18)30/h4,6-10,12,18,20H,3,5,11,13-15H2,1-2H3,(H,25,30)(H,26,31). The number of carbonyl (C=O) groups is 4. The molecule has 2 N–H and O–H groups in total. The van der Waals surface area contributed by atoms with Gasteiger partial charge in [0.25, 0.3) is 11.8 Å². The Morgan fingerprint density at radius 2 is 1.85 bits per heavy atom. The second kappa shape index (κ2) is 9.98. The van der Waals surface area contributed by atoms with Crippen LogP contribution in [-0.4, -0.2) is 83.4 Å². The van der Waals surface area contributed by atoms with Crippen LogP contribution in [0, 0.1) is 0 Å². The molecule has 2 unspecified atom stereocenters. The molecule has 2 saturated heterocycles. The Balaban J connectivity index is 1.57. The number of nitrogens with one attached hydrogen (secondary N) is 2.